The summed E-state index contributed by atoms with van der Waals surface area (Å²) in [6, 6.07) is 13.3. The molecule has 1 fully saturated rings. The van der Waals surface area contributed by atoms with Crippen LogP contribution in [-0.2, 0) is 10.5 Å². The van der Waals surface area contributed by atoms with Crippen molar-refractivity contribution in [3.8, 4) is 5.75 Å². The van der Waals surface area contributed by atoms with Gasteiger partial charge in [-0.25, -0.2) is 0 Å². The SMILES string of the molecule is CCOc1ccc(C(=O)NC2C(=O)NC(SCc3ccc(Cl)cc3)NC2N)cc1. The smallest absolute Gasteiger partial charge is 0.252 e. The van der Waals surface area contributed by atoms with Crippen molar-refractivity contribution >= 4 is 35.2 Å². The standard InChI is InChI=1S/C20H23ClN4O3S/c1-2-28-15-9-5-13(6-10-15)18(26)23-16-17(22)24-20(25-19(16)27)29-11-12-3-7-14(21)8-4-12/h3-10,16-17,20,24H,2,11,22H2,1H3,(H,23,26)(H,25,27). The van der Waals surface area contributed by atoms with Crippen LogP contribution in [0.15, 0.2) is 48.5 Å². The molecule has 0 saturated carbocycles. The summed E-state index contributed by atoms with van der Waals surface area (Å²) in [5.74, 6) is 0.644. The highest BCUT2D eigenvalue weighted by atomic mass is 35.5. The minimum Gasteiger partial charge on any atom is -0.494 e. The molecule has 3 atom stereocenters. The molecule has 0 aromatic heterocycles. The van der Waals surface area contributed by atoms with Gasteiger partial charge in [0.15, 0.2) is 0 Å². The van der Waals surface area contributed by atoms with Gasteiger partial charge in [-0.2, -0.15) is 0 Å². The van der Waals surface area contributed by atoms with Crippen molar-refractivity contribution in [2.24, 2.45) is 5.73 Å². The molecule has 9 heteroatoms. The quantitative estimate of drug-likeness (QED) is 0.531. The normalized spacial score (nSPS) is 21.3. The predicted octanol–water partition coefficient (Wildman–Crippen LogP) is 2.06. The van der Waals surface area contributed by atoms with E-state index in [-0.39, 0.29) is 17.3 Å². The average molecular weight is 435 g/mol. The lowest BCUT2D eigenvalue weighted by Crippen LogP contribution is -2.70. The Morgan fingerprint density at radius 1 is 1.21 bits per heavy atom. The number of benzene rings is 2. The molecule has 3 rings (SSSR count). The fraction of sp³-hybridized carbons (Fsp3) is 0.300. The Morgan fingerprint density at radius 2 is 1.90 bits per heavy atom. The van der Waals surface area contributed by atoms with Crippen molar-refractivity contribution in [2.45, 2.75) is 30.4 Å². The number of carbonyl (C=O) groups is 2. The number of nitrogens with two attached hydrogens (primary N) is 1. The van der Waals surface area contributed by atoms with E-state index in [1.165, 1.54) is 11.8 Å². The summed E-state index contributed by atoms with van der Waals surface area (Å²) >= 11 is 7.38. The second-order valence-corrected chi connectivity index (χ2v) is 7.96. The van der Waals surface area contributed by atoms with Gasteiger partial charge in [0.05, 0.1) is 12.8 Å². The summed E-state index contributed by atoms with van der Waals surface area (Å²) in [6.45, 7) is 2.43. The lowest BCUT2D eigenvalue weighted by atomic mass is 10.1. The molecule has 1 saturated heterocycles. The van der Waals surface area contributed by atoms with Gasteiger partial charge in [-0.3, -0.25) is 14.9 Å². The van der Waals surface area contributed by atoms with Crippen molar-refractivity contribution in [3.05, 3.63) is 64.7 Å². The van der Waals surface area contributed by atoms with Crippen molar-refractivity contribution < 1.29 is 14.3 Å². The number of carbonyl (C=O) groups excluding carboxylic acids is 2. The molecule has 0 bridgehead atoms. The van der Waals surface area contributed by atoms with E-state index < -0.39 is 12.2 Å². The molecule has 2 aromatic carbocycles. The van der Waals surface area contributed by atoms with E-state index in [2.05, 4.69) is 16.0 Å². The van der Waals surface area contributed by atoms with E-state index in [9.17, 15) is 9.59 Å². The minimum atomic E-state index is -0.874. The first kappa shape index (κ1) is 21.4. The zero-order valence-electron chi connectivity index (χ0n) is 15.9. The van der Waals surface area contributed by atoms with Crippen LogP contribution in [0.3, 0.4) is 0 Å². The Bertz CT molecular complexity index is 848. The summed E-state index contributed by atoms with van der Waals surface area (Å²) in [5, 5.41) is 9.30. The number of hydrogen-bond donors (Lipinski definition) is 4. The molecule has 2 amide bonds. The third kappa shape index (κ3) is 5.86. The topological polar surface area (TPSA) is 105 Å². The van der Waals surface area contributed by atoms with Gasteiger partial charge in [0.2, 0.25) is 5.91 Å². The maximum atomic E-state index is 12.5. The van der Waals surface area contributed by atoms with Gasteiger partial charge in [-0.05, 0) is 48.9 Å². The van der Waals surface area contributed by atoms with Crippen LogP contribution in [0.2, 0.25) is 5.02 Å². The molecule has 5 N–H and O–H groups in total. The molecule has 0 radical (unpaired) electrons. The lowest BCUT2D eigenvalue weighted by molar-refractivity contribution is -0.125. The summed E-state index contributed by atoms with van der Waals surface area (Å²) in [6.07, 6.45) is -0.710. The number of halogens is 1. The maximum absolute atomic E-state index is 12.5. The first-order valence-corrected chi connectivity index (χ1v) is 10.6. The first-order chi connectivity index (χ1) is 14.0. The van der Waals surface area contributed by atoms with Gasteiger partial charge in [-0.15, -0.1) is 11.8 Å². The van der Waals surface area contributed by atoms with Crippen LogP contribution in [0.1, 0.15) is 22.8 Å². The number of amides is 2. The third-order valence-electron chi connectivity index (χ3n) is 4.30. The molecular weight excluding hydrogens is 412 g/mol. The largest absolute Gasteiger partial charge is 0.494 e. The van der Waals surface area contributed by atoms with Gasteiger partial charge < -0.3 is 21.1 Å². The molecule has 1 aliphatic rings. The lowest BCUT2D eigenvalue weighted by Gasteiger charge is -2.35. The molecule has 7 nitrogen and oxygen atoms in total. The monoisotopic (exact) mass is 434 g/mol. The second kappa shape index (κ2) is 9.98. The Morgan fingerprint density at radius 3 is 2.52 bits per heavy atom. The highest BCUT2D eigenvalue weighted by Gasteiger charge is 2.35. The minimum absolute atomic E-state index is 0.329. The molecule has 0 aliphatic carbocycles. The molecule has 1 heterocycles. The average Bonchev–Trinajstić information content (AvgIpc) is 2.71. The fourth-order valence-corrected chi connectivity index (χ4v) is 3.92. The molecule has 29 heavy (non-hydrogen) atoms. The molecule has 3 unspecified atom stereocenters. The number of ether oxygens (including phenoxy) is 1. The van der Waals surface area contributed by atoms with Gasteiger partial charge in [0.25, 0.3) is 5.91 Å². The maximum Gasteiger partial charge on any atom is 0.252 e. The first-order valence-electron chi connectivity index (χ1n) is 9.18. The Balaban J connectivity index is 1.53. The van der Waals surface area contributed by atoms with Crippen LogP contribution in [0.25, 0.3) is 0 Å². The molecule has 2 aromatic rings. The van der Waals surface area contributed by atoms with Gasteiger partial charge >= 0.3 is 0 Å². The van der Waals surface area contributed by atoms with Crippen molar-refractivity contribution in [1.29, 1.82) is 0 Å². The number of thioether (sulfide) groups is 1. The fourth-order valence-electron chi connectivity index (χ4n) is 2.79. The van der Waals surface area contributed by atoms with E-state index in [0.717, 1.165) is 5.56 Å². The second-order valence-electron chi connectivity index (χ2n) is 6.43. The number of hydrogen-bond acceptors (Lipinski definition) is 6. The summed E-state index contributed by atoms with van der Waals surface area (Å²) < 4.78 is 5.36. The van der Waals surface area contributed by atoms with Crippen molar-refractivity contribution in [1.82, 2.24) is 16.0 Å². The van der Waals surface area contributed by atoms with Crippen LogP contribution in [0, 0.1) is 0 Å². The Kier molecular flexibility index (Phi) is 7.38. The van der Waals surface area contributed by atoms with Crippen molar-refractivity contribution in [3.63, 3.8) is 0 Å². The van der Waals surface area contributed by atoms with E-state index in [0.29, 0.717) is 28.7 Å². The van der Waals surface area contributed by atoms with Crippen molar-refractivity contribution in [2.75, 3.05) is 6.61 Å². The van der Waals surface area contributed by atoms with E-state index in [4.69, 9.17) is 22.1 Å². The van der Waals surface area contributed by atoms with Gasteiger partial charge in [-0.1, -0.05) is 23.7 Å². The Hall–Kier alpha value is -2.26. The molecule has 0 spiro atoms. The van der Waals surface area contributed by atoms with Gasteiger partial charge in [0, 0.05) is 16.3 Å². The zero-order valence-corrected chi connectivity index (χ0v) is 17.4. The van der Waals surface area contributed by atoms with E-state index >= 15 is 0 Å². The van der Waals surface area contributed by atoms with Crippen LogP contribution in [-0.4, -0.2) is 36.1 Å². The molecule has 1 aliphatic heterocycles. The molecular formula is C20H23ClN4O3S. The summed E-state index contributed by atoms with van der Waals surface area (Å²) in [5.41, 5.74) is 7.25. The van der Waals surface area contributed by atoms with E-state index in [1.807, 2.05) is 31.2 Å². The van der Waals surface area contributed by atoms with Crippen LogP contribution >= 0.6 is 23.4 Å². The summed E-state index contributed by atoms with van der Waals surface area (Å²) in [4.78, 5) is 24.9. The third-order valence-corrected chi connectivity index (χ3v) is 5.64. The number of rotatable bonds is 7. The van der Waals surface area contributed by atoms with Crippen LogP contribution in [0.4, 0.5) is 0 Å². The zero-order chi connectivity index (χ0) is 20.8. The molecule has 154 valence electrons. The van der Waals surface area contributed by atoms with Crippen LogP contribution in [0.5, 0.6) is 5.75 Å². The van der Waals surface area contributed by atoms with E-state index in [1.54, 1.807) is 24.3 Å². The summed E-state index contributed by atoms with van der Waals surface area (Å²) in [7, 11) is 0. The predicted molar refractivity (Wildman–Crippen MR) is 115 cm³/mol. The van der Waals surface area contributed by atoms with Crippen LogP contribution < -0.4 is 26.4 Å². The number of nitrogens with one attached hydrogen (secondary N) is 3. The highest BCUT2D eigenvalue weighted by Crippen LogP contribution is 2.19. The highest BCUT2D eigenvalue weighted by molar-refractivity contribution is 7.99. The van der Waals surface area contributed by atoms with Gasteiger partial charge in [0.1, 0.15) is 17.3 Å². The Labute approximate surface area is 178 Å².